The van der Waals surface area contributed by atoms with Crippen molar-refractivity contribution in [2.24, 2.45) is 0 Å². The summed E-state index contributed by atoms with van der Waals surface area (Å²) in [5.41, 5.74) is 0.834. The van der Waals surface area contributed by atoms with E-state index in [4.69, 9.17) is 9.15 Å². The third-order valence-corrected chi connectivity index (χ3v) is 3.93. The van der Waals surface area contributed by atoms with E-state index in [-0.39, 0.29) is 12.4 Å². The van der Waals surface area contributed by atoms with Gasteiger partial charge in [-0.2, -0.15) is 0 Å². The van der Waals surface area contributed by atoms with Crippen LogP contribution in [0.15, 0.2) is 51.0 Å². The number of carbonyl (C=O) groups is 1. The highest BCUT2D eigenvalue weighted by molar-refractivity contribution is 7.10. The van der Waals surface area contributed by atoms with Gasteiger partial charge in [0, 0.05) is 22.4 Å². The highest BCUT2D eigenvalue weighted by Gasteiger charge is 2.09. The molecule has 3 rings (SSSR count). The first-order valence-corrected chi connectivity index (χ1v) is 7.27. The molecule has 0 aliphatic rings. The third-order valence-electron chi connectivity index (χ3n) is 3.05. The number of ether oxygens (including phenoxy) is 1. The smallest absolute Gasteiger partial charge is 0.336 e. The van der Waals surface area contributed by atoms with E-state index in [0.29, 0.717) is 11.3 Å². The minimum atomic E-state index is -0.415. The van der Waals surface area contributed by atoms with Crippen LogP contribution in [-0.2, 0) is 11.2 Å². The quantitative estimate of drug-likeness (QED) is 0.423. The van der Waals surface area contributed by atoms with Crippen LogP contribution in [0, 0.1) is 6.92 Å². The molecule has 0 bridgehead atoms. The molecule has 2 aromatic heterocycles. The number of benzene rings is 1. The molecular weight excluding hydrogens is 288 g/mol. The average Bonchev–Trinajstić information content (AvgIpc) is 2.90. The summed E-state index contributed by atoms with van der Waals surface area (Å²) >= 11 is 1.51. The molecule has 21 heavy (non-hydrogen) atoms. The standard InChI is InChI=1S/C16H12O4S/c1-10-7-15(17)20-14-8-11(4-5-13(10)14)19-16(18)9-12-3-2-6-21-12/h2-8H,9H2,1H3. The molecular formula is C16H12O4S. The monoisotopic (exact) mass is 300 g/mol. The van der Waals surface area contributed by atoms with Crippen LogP contribution < -0.4 is 10.4 Å². The lowest BCUT2D eigenvalue weighted by Gasteiger charge is -2.05. The molecule has 0 saturated heterocycles. The zero-order valence-corrected chi connectivity index (χ0v) is 12.1. The molecule has 0 saturated carbocycles. The van der Waals surface area contributed by atoms with Gasteiger partial charge in [-0.25, -0.2) is 4.79 Å². The van der Waals surface area contributed by atoms with E-state index in [9.17, 15) is 9.59 Å². The van der Waals surface area contributed by atoms with Crippen LogP contribution in [0.25, 0.3) is 11.0 Å². The van der Waals surface area contributed by atoms with Gasteiger partial charge in [0.25, 0.3) is 0 Å². The number of hydrogen-bond acceptors (Lipinski definition) is 5. The summed E-state index contributed by atoms with van der Waals surface area (Å²) in [7, 11) is 0. The Bertz CT molecular complexity index is 846. The van der Waals surface area contributed by atoms with Crippen LogP contribution in [0.5, 0.6) is 5.75 Å². The molecule has 0 aliphatic carbocycles. The fourth-order valence-corrected chi connectivity index (χ4v) is 2.78. The van der Waals surface area contributed by atoms with E-state index >= 15 is 0 Å². The third kappa shape index (κ3) is 3.03. The Morgan fingerprint density at radius 2 is 2.14 bits per heavy atom. The van der Waals surface area contributed by atoms with E-state index < -0.39 is 5.63 Å². The highest BCUT2D eigenvalue weighted by Crippen LogP contribution is 2.22. The second kappa shape index (κ2) is 5.54. The first kappa shape index (κ1) is 13.6. The van der Waals surface area contributed by atoms with Gasteiger partial charge in [-0.05, 0) is 36.1 Å². The largest absolute Gasteiger partial charge is 0.426 e. The summed E-state index contributed by atoms with van der Waals surface area (Å²) in [4.78, 5) is 24.2. The van der Waals surface area contributed by atoms with Crippen molar-refractivity contribution >= 4 is 28.3 Å². The van der Waals surface area contributed by atoms with Gasteiger partial charge in [-0.1, -0.05) is 6.07 Å². The molecule has 5 heteroatoms. The Labute approximate surface area is 124 Å². The van der Waals surface area contributed by atoms with Crippen molar-refractivity contribution in [2.45, 2.75) is 13.3 Å². The predicted octanol–water partition coefficient (Wildman–Crippen LogP) is 3.31. The second-order valence-electron chi connectivity index (χ2n) is 4.64. The van der Waals surface area contributed by atoms with Crippen molar-refractivity contribution in [1.29, 1.82) is 0 Å². The SMILES string of the molecule is Cc1cc(=O)oc2cc(OC(=O)Cc3cccs3)ccc12. The zero-order chi connectivity index (χ0) is 14.8. The number of rotatable bonds is 3. The Morgan fingerprint density at radius 3 is 2.90 bits per heavy atom. The summed E-state index contributed by atoms with van der Waals surface area (Å²) in [6.07, 6.45) is 0.230. The molecule has 2 heterocycles. The number of carbonyl (C=O) groups excluding carboxylic acids is 1. The van der Waals surface area contributed by atoms with Gasteiger partial charge in [0.15, 0.2) is 0 Å². The Kier molecular flexibility index (Phi) is 3.58. The lowest BCUT2D eigenvalue weighted by molar-refractivity contribution is -0.133. The molecule has 3 aromatic rings. The molecule has 0 N–H and O–H groups in total. The van der Waals surface area contributed by atoms with Gasteiger partial charge in [0.05, 0.1) is 6.42 Å². The first-order valence-electron chi connectivity index (χ1n) is 6.39. The maximum atomic E-state index is 11.8. The molecule has 0 spiro atoms. The predicted molar refractivity (Wildman–Crippen MR) is 80.9 cm³/mol. The van der Waals surface area contributed by atoms with Gasteiger partial charge < -0.3 is 9.15 Å². The maximum Gasteiger partial charge on any atom is 0.336 e. The molecule has 106 valence electrons. The maximum absolute atomic E-state index is 11.8. The van der Waals surface area contributed by atoms with Crippen molar-refractivity contribution in [1.82, 2.24) is 0 Å². The first-order chi connectivity index (χ1) is 10.1. The molecule has 0 unspecified atom stereocenters. The lowest BCUT2D eigenvalue weighted by Crippen LogP contribution is -2.10. The number of esters is 1. The topological polar surface area (TPSA) is 56.5 Å². The number of hydrogen-bond donors (Lipinski definition) is 0. The highest BCUT2D eigenvalue weighted by atomic mass is 32.1. The van der Waals surface area contributed by atoms with Crippen molar-refractivity contribution in [3.63, 3.8) is 0 Å². The van der Waals surface area contributed by atoms with Crippen LogP contribution in [0.2, 0.25) is 0 Å². The molecule has 0 aliphatic heterocycles. The van der Waals surface area contributed by atoms with Crippen LogP contribution >= 0.6 is 11.3 Å². The molecule has 0 radical (unpaired) electrons. The Balaban J connectivity index is 1.84. The van der Waals surface area contributed by atoms with Crippen molar-refractivity contribution in [3.8, 4) is 5.75 Å². The zero-order valence-electron chi connectivity index (χ0n) is 11.3. The molecule has 1 aromatic carbocycles. The fourth-order valence-electron chi connectivity index (χ4n) is 2.09. The van der Waals surface area contributed by atoms with Crippen LogP contribution in [0.1, 0.15) is 10.4 Å². The van der Waals surface area contributed by atoms with Crippen molar-refractivity contribution in [3.05, 3.63) is 62.6 Å². The fraction of sp³-hybridized carbons (Fsp3) is 0.125. The van der Waals surface area contributed by atoms with Gasteiger partial charge >= 0.3 is 11.6 Å². The van der Waals surface area contributed by atoms with E-state index in [2.05, 4.69) is 0 Å². The second-order valence-corrected chi connectivity index (χ2v) is 5.67. The van der Waals surface area contributed by atoms with E-state index in [1.807, 2.05) is 24.4 Å². The van der Waals surface area contributed by atoms with Crippen LogP contribution in [0.4, 0.5) is 0 Å². The Morgan fingerprint density at radius 1 is 1.29 bits per heavy atom. The van der Waals surface area contributed by atoms with Crippen molar-refractivity contribution in [2.75, 3.05) is 0 Å². The minimum absolute atomic E-state index is 0.230. The van der Waals surface area contributed by atoms with E-state index in [0.717, 1.165) is 15.8 Å². The molecule has 0 fully saturated rings. The minimum Gasteiger partial charge on any atom is -0.426 e. The van der Waals surface area contributed by atoms with Gasteiger partial charge in [0.2, 0.25) is 0 Å². The summed E-state index contributed by atoms with van der Waals surface area (Å²) in [6, 6.07) is 10.2. The summed E-state index contributed by atoms with van der Waals surface area (Å²) in [5.74, 6) is 0.0320. The Hall–Kier alpha value is -2.40. The van der Waals surface area contributed by atoms with Crippen molar-refractivity contribution < 1.29 is 13.9 Å². The number of aryl methyl sites for hydroxylation is 1. The van der Waals surface area contributed by atoms with Crippen LogP contribution in [-0.4, -0.2) is 5.97 Å². The average molecular weight is 300 g/mol. The van der Waals surface area contributed by atoms with E-state index in [1.165, 1.54) is 17.4 Å². The van der Waals surface area contributed by atoms with Gasteiger partial charge in [-0.15, -0.1) is 11.3 Å². The van der Waals surface area contributed by atoms with Crippen LogP contribution in [0.3, 0.4) is 0 Å². The summed E-state index contributed by atoms with van der Waals surface area (Å²) in [5, 5.41) is 2.74. The normalized spacial score (nSPS) is 10.7. The number of thiophene rings is 1. The molecule has 0 amide bonds. The molecule has 0 atom stereocenters. The van der Waals surface area contributed by atoms with Gasteiger partial charge in [-0.3, -0.25) is 4.79 Å². The lowest BCUT2D eigenvalue weighted by atomic mass is 10.1. The van der Waals surface area contributed by atoms with E-state index in [1.54, 1.807) is 18.2 Å². The molecule has 4 nitrogen and oxygen atoms in total. The number of fused-ring (bicyclic) bond motifs is 1. The van der Waals surface area contributed by atoms with Gasteiger partial charge in [0.1, 0.15) is 11.3 Å². The summed E-state index contributed by atoms with van der Waals surface area (Å²) in [6.45, 7) is 1.84. The summed E-state index contributed by atoms with van der Waals surface area (Å²) < 4.78 is 10.4.